The lowest BCUT2D eigenvalue weighted by atomic mass is 10.0. The van der Waals surface area contributed by atoms with Gasteiger partial charge in [-0.2, -0.15) is 0 Å². The summed E-state index contributed by atoms with van der Waals surface area (Å²) in [7, 11) is 0. The predicted octanol–water partition coefficient (Wildman–Crippen LogP) is 3.48. The molecule has 3 unspecified atom stereocenters. The Morgan fingerprint density at radius 1 is 1.19 bits per heavy atom. The van der Waals surface area contributed by atoms with Gasteiger partial charge >= 0.3 is 0 Å². The molecule has 3 atom stereocenters. The van der Waals surface area contributed by atoms with E-state index < -0.39 is 4.92 Å². The lowest BCUT2D eigenvalue weighted by Gasteiger charge is -2.11. The van der Waals surface area contributed by atoms with Gasteiger partial charge in [-0.15, -0.1) is 0 Å². The fraction of sp³-hybridized carbons (Fsp3) is 0.381. The molecule has 0 radical (unpaired) electrons. The average Bonchev–Trinajstić information content (AvgIpc) is 3.57. The summed E-state index contributed by atoms with van der Waals surface area (Å²) in [6.07, 6.45) is 3.08. The van der Waals surface area contributed by atoms with Crippen LogP contribution in [0, 0.1) is 22.0 Å². The maximum atomic E-state index is 12.2. The maximum absolute atomic E-state index is 12.2. The van der Waals surface area contributed by atoms with Crippen LogP contribution in [0.1, 0.15) is 40.2 Å². The van der Waals surface area contributed by atoms with Crippen molar-refractivity contribution in [3.8, 4) is 0 Å². The molecule has 0 spiro atoms. The van der Waals surface area contributed by atoms with Gasteiger partial charge in [0.15, 0.2) is 0 Å². The van der Waals surface area contributed by atoms with Crippen LogP contribution in [0.5, 0.6) is 0 Å². The van der Waals surface area contributed by atoms with Crippen molar-refractivity contribution in [2.45, 2.75) is 31.2 Å². The van der Waals surface area contributed by atoms with Gasteiger partial charge in [0.1, 0.15) is 5.69 Å². The molecule has 2 fully saturated rings. The van der Waals surface area contributed by atoms with Crippen molar-refractivity contribution in [1.82, 2.24) is 5.32 Å². The lowest BCUT2D eigenvalue weighted by molar-refractivity contribution is -0.384. The summed E-state index contributed by atoms with van der Waals surface area (Å²) in [5.74, 6) is 1.52. The number of amides is 1. The first-order valence-corrected chi connectivity index (χ1v) is 9.53. The van der Waals surface area contributed by atoms with Crippen molar-refractivity contribution in [3.63, 3.8) is 0 Å². The third-order valence-electron chi connectivity index (χ3n) is 6.10. The van der Waals surface area contributed by atoms with Crippen LogP contribution in [0.15, 0.2) is 42.5 Å². The molecule has 27 heavy (non-hydrogen) atoms. The number of fused-ring (bicyclic) bond motifs is 3. The van der Waals surface area contributed by atoms with E-state index in [4.69, 9.17) is 0 Å². The Hall–Kier alpha value is -2.89. The van der Waals surface area contributed by atoms with E-state index in [2.05, 4.69) is 34.9 Å². The molecule has 0 heterocycles. The molecular formula is C21H21N3O3. The zero-order valence-corrected chi connectivity index (χ0v) is 14.9. The van der Waals surface area contributed by atoms with Crippen molar-refractivity contribution in [2.24, 2.45) is 11.8 Å². The van der Waals surface area contributed by atoms with Crippen LogP contribution in [0.25, 0.3) is 0 Å². The number of nitro benzene ring substituents is 1. The molecule has 2 saturated carbocycles. The minimum Gasteiger partial charge on any atom is -0.379 e. The Morgan fingerprint density at radius 3 is 2.78 bits per heavy atom. The molecule has 0 aromatic heterocycles. The largest absolute Gasteiger partial charge is 0.379 e. The topological polar surface area (TPSA) is 84.3 Å². The van der Waals surface area contributed by atoms with Crippen LogP contribution in [-0.4, -0.2) is 23.4 Å². The summed E-state index contributed by atoms with van der Waals surface area (Å²) in [6, 6.07) is 13.5. The SMILES string of the molecule is O=C(NC1CC1)c1ccc(NCC2C3Cc4ccccc4C23)c([N+](=O)[O-])c1. The molecule has 2 N–H and O–H groups in total. The molecule has 1 amide bonds. The highest BCUT2D eigenvalue weighted by atomic mass is 16.6. The number of hydrogen-bond donors (Lipinski definition) is 2. The van der Waals surface area contributed by atoms with Crippen LogP contribution in [-0.2, 0) is 6.42 Å². The molecule has 6 heteroatoms. The van der Waals surface area contributed by atoms with Gasteiger partial charge in [-0.1, -0.05) is 24.3 Å². The second-order valence-electron chi connectivity index (χ2n) is 7.87. The second-order valence-corrected chi connectivity index (χ2v) is 7.87. The number of rotatable bonds is 6. The smallest absolute Gasteiger partial charge is 0.293 e. The lowest BCUT2D eigenvalue weighted by Crippen LogP contribution is -2.25. The van der Waals surface area contributed by atoms with Crippen LogP contribution in [0.3, 0.4) is 0 Å². The van der Waals surface area contributed by atoms with Gasteiger partial charge < -0.3 is 10.6 Å². The van der Waals surface area contributed by atoms with E-state index in [-0.39, 0.29) is 17.6 Å². The number of anilines is 1. The Balaban J connectivity index is 1.28. The Kier molecular flexibility index (Phi) is 3.67. The molecule has 6 nitrogen and oxygen atoms in total. The monoisotopic (exact) mass is 363 g/mol. The molecule has 138 valence electrons. The fourth-order valence-electron chi connectivity index (χ4n) is 4.46. The van der Waals surface area contributed by atoms with E-state index in [0.717, 1.165) is 25.8 Å². The number of nitro groups is 1. The van der Waals surface area contributed by atoms with Gasteiger partial charge in [-0.05, 0) is 60.3 Å². The van der Waals surface area contributed by atoms with Crippen LogP contribution < -0.4 is 10.6 Å². The minimum absolute atomic E-state index is 0.0374. The van der Waals surface area contributed by atoms with Crippen molar-refractivity contribution < 1.29 is 9.72 Å². The van der Waals surface area contributed by atoms with E-state index in [1.165, 1.54) is 17.2 Å². The Morgan fingerprint density at radius 2 is 2.00 bits per heavy atom. The van der Waals surface area contributed by atoms with E-state index in [1.807, 2.05) is 0 Å². The van der Waals surface area contributed by atoms with Gasteiger partial charge in [0.25, 0.3) is 11.6 Å². The summed E-state index contributed by atoms with van der Waals surface area (Å²) in [5.41, 5.74) is 3.68. The van der Waals surface area contributed by atoms with E-state index in [9.17, 15) is 14.9 Å². The number of hydrogen-bond acceptors (Lipinski definition) is 4. The molecule has 5 rings (SSSR count). The number of carbonyl (C=O) groups excluding carboxylic acids is 1. The summed E-state index contributed by atoms with van der Waals surface area (Å²) in [6.45, 7) is 0.720. The van der Waals surface area contributed by atoms with Gasteiger partial charge in [0, 0.05) is 24.2 Å². The van der Waals surface area contributed by atoms with Crippen LogP contribution in [0.2, 0.25) is 0 Å². The van der Waals surface area contributed by atoms with E-state index in [1.54, 1.807) is 12.1 Å². The highest BCUT2D eigenvalue weighted by molar-refractivity contribution is 5.96. The molecular weight excluding hydrogens is 342 g/mol. The number of nitrogens with one attached hydrogen (secondary N) is 2. The molecule has 0 aliphatic heterocycles. The fourth-order valence-corrected chi connectivity index (χ4v) is 4.46. The number of nitrogens with zero attached hydrogens (tertiary/aromatic N) is 1. The molecule has 3 aliphatic rings. The first-order valence-electron chi connectivity index (χ1n) is 9.53. The van der Waals surface area contributed by atoms with Crippen molar-refractivity contribution in [2.75, 3.05) is 11.9 Å². The molecule has 0 bridgehead atoms. The van der Waals surface area contributed by atoms with E-state index in [0.29, 0.717) is 29.0 Å². The molecule has 2 aromatic carbocycles. The normalized spacial score (nSPS) is 24.7. The highest BCUT2D eigenvalue weighted by Gasteiger charge is 2.54. The summed E-state index contributed by atoms with van der Waals surface area (Å²) < 4.78 is 0. The summed E-state index contributed by atoms with van der Waals surface area (Å²) in [5, 5.41) is 17.6. The first-order chi connectivity index (χ1) is 13.1. The second kappa shape index (κ2) is 6.08. The van der Waals surface area contributed by atoms with E-state index >= 15 is 0 Å². The average molecular weight is 363 g/mol. The van der Waals surface area contributed by atoms with Crippen molar-refractivity contribution in [3.05, 3.63) is 69.3 Å². The number of carbonyl (C=O) groups is 1. The zero-order valence-electron chi connectivity index (χ0n) is 14.9. The zero-order chi connectivity index (χ0) is 18.5. The van der Waals surface area contributed by atoms with Gasteiger partial charge in [0.2, 0.25) is 0 Å². The van der Waals surface area contributed by atoms with Gasteiger partial charge in [-0.3, -0.25) is 14.9 Å². The third kappa shape index (κ3) is 2.95. The van der Waals surface area contributed by atoms with Crippen LogP contribution in [0.4, 0.5) is 11.4 Å². The number of benzene rings is 2. The molecule has 0 saturated heterocycles. The molecule has 3 aliphatic carbocycles. The summed E-state index contributed by atoms with van der Waals surface area (Å²) >= 11 is 0. The van der Waals surface area contributed by atoms with Gasteiger partial charge in [-0.25, -0.2) is 0 Å². The predicted molar refractivity (Wildman–Crippen MR) is 102 cm³/mol. The summed E-state index contributed by atoms with van der Waals surface area (Å²) in [4.78, 5) is 23.2. The quantitative estimate of drug-likeness (QED) is 0.608. The maximum Gasteiger partial charge on any atom is 0.293 e. The third-order valence-corrected chi connectivity index (χ3v) is 6.10. The first kappa shape index (κ1) is 16.3. The Labute approximate surface area is 157 Å². The van der Waals surface area contributed by atoms with Crippen LogP contribution >= 0.6 is 0 Å². The van der Waals surface area contributed by atoms with Gasteiger partial charge in [0.05, 0.1) is 4.92 Å². The molecule has 2 aromatic rings. The highest BCUT2D eigenvalue weighted by Crippen LogP contribution is 2.61. The van der Waals surface area contributed by atoms with Crippen molar-refractivity contribution in [1.29, 1.82) is 0 Å². The minimum atomic E-state index is -0.417. The Bertz CT molecular complexity index is 938. The standard InChI is InChI=1S/C21H21N3O3/c25-21(23-14-6-7-14)13-5-8-18(19(10-13)24(26)27)22-11-17-16-9-12-3-1-2-4-15(12)20(16)17/h1-5,8,10,14,16-17,20,22H,6-7,9,11H2,(H,23,25). The van der Waals surface area contributed by atoms with Crippen molar-refractivity contribution >= 4 is 17.3 Å².